The first-order chi connectivity index (χ1) is 6.70. The van der Waals surface area contributed by atoms with E-state index >= 15 is 0 Å². The van der Waals surface area contributed by atoms with E-state index in [1.807, 2.05) is 0 Å². The van der Waals surface area contributed by atoms with Crippen molar-refractivity contribution in [3.63, 3.8) is 0 Å². The van der Waals surface area contributed by atoms with Gasteiger partial charge < -0.3 is 14.6 Å². The molecule has 1 unspecified atom stereocenters. The number of para-hydroxylation sites is 1. The van der Waals surface area contributed by atoms with Gasteiger partial charge in [0.2, 0.25) is 0 Å². The summed E-state index contributed by atoms with van der Waals surface area (Å²) in [6, 6.07) is 4.76. The number of nitrogens with zero attached hydrogens (tertiary/aromatic N) is 1. The molecule has 1 atom stereocenters. The number of oxazole rings is 1. The van der Waals surface area contributed by atoms with E-state index in [1.165, 1.54) is 12.5 Å². The molecule has 72 valence electrons. The van der Waals surface area contributed by atoms with Crippen LogP contribution in [0.25, 0.3) is 11.1 Å². The van der Waals surface area contributed by atoms with Crippen LogP contribution in [-0.2, 0) is 4.79 Å². The summed E-state index contributed by atoms with van der Waals surface area (Å²) in [5.41, 5.74) is 1.08. The van der Waals surface area contributed by atoms with Crippen molar-refractivity contribution in [2.45, 2.75) is 6.10 Å². The van der Waals surface area contributed by atoms with Crippen molar-refractivity contribution in [1.82, 2.24) is 4.98 Å². The Kier molecular flexibility index (Phi) is 1.94. The molecule has 2 aromatic rings. The lowest BCUT2D eigenvalue weighted by molar-refractivity contribution is -0.146. The standard InChI is InChI=1S/C9H7NO4/c11-8(9(12)13)5-2-1-3-6-7(5)10-4-14-6/h1-4,8,11H,(H,12,13). The van der Waals surface area contributed by atoms with Crippen LogP contribution in [0.15, 0.2) is 29.0 Å². The number of carbonyl (C=O) groups is 1. The first-order valence-corrected chi connectivity index (χ1v) is 3.93. The van der Waals surface area contributed by atoms with Crippen LogP contribution in [0.1, 0.15) is 11.7 Å². The summed E-state index contributed by atoms with van der Waals surface area (Å²) >= 11 is 0. The highest BCUT2D eigenvalue weighted by Crippen LogP contribution is 2.22. The van der Waals surface area contributed by atoms with Crippen molar-refractivity contribution >= 4 is 17.1 Å². The Hall–Kier alpha value is -1.88. The van der Waals surface area contributed by atoms with Gasteiger partial charge in [0.25, 0.3) is 0 Å². The van der Waals surface area contributed by atoms with E-state index in [1.54, 1.807) is 12.1 Å². The van der Waals surface area contributed by atoms with E-state index < -0.39 is 12.1 Å². The van der Waals surface area contributed by atoms with Gasteiger partial charge in [-0.2, -0.15) is 0 Å². The minimum atomic E-state index is -1.57. The molecule has 5 heteroatoms. The molecule has 1 heterocycles. The van der Waals surface area contributed by atoms with E-state index in [9.17, 15) is 9.90 Å². The third kappa shape index (κ3) is 1.23. The minimum Gasteiger partial charge on any atom is -0.479 e. The number of fused-ring (bicyclic) bond motifs is 1. The van der Waals surface area contributed by atoms with Gasteiger partial charge in [0, 0.05) is 5.56 Å². The maximum Gasteiger partial charge on any atom is 0.337 e. The molecule has 0 radical (unpaired) electrons. The average Bonchev–Trinajstić information content (AvgIpc) is 2.63. The zero-order valence-electron chi connectivity index (χ0n) is 7.04. The van der Waals surface area contributed by atoms with E-state index in [0.29, 0.717) is 11.1 Å². The average molecular weight is 193 g/mol. The SMILES string of the molecule is O=C(O)C(O)c1cccc2ocnc12. The smallest absolute Gasteiger partial charge is 0.337 e. The molecule has 0 amide bonds. The second kappa shape index (κ2) is 3.12. The number of benzene rings is 1. The minimum absolute atomic E-state index is 0.240. The monoisotopic (exact) mass is 193 g/mol. The zero-order chi connectivity index (χ0) is 10.1. The summed E-state index contributed by atoms with van der Waals surface area (Å²) < 4.78 is 4.97. The highest BCUT2D eigenvalue weighted by Gasteiger charge is 2.19. The molecule has 5 nitrogen and oxygen atoms in total. The topological polar surface area (TPSA) is 83.6 Å². The third-order valence-corrected chi connectivity index (χ3v) is 1.92. The molecular weight excluding hydrogens is 186 g/mol. The van der Waals surface area contributed by atoms with E-state index in [0.717, 1.165) is 0 Å². The Labute approximate surface area is 78.6 Å². The maximum absolute atomic E-state index is 10.6. The van der Waals surface area contributed by atoms with Gasteiger partial charge in [0.05, 0.1) is 0 Å². The predicted molar refractivity (Wildman–Crippen MR) is 46.6 cm³/mol. The summed E-state index contributed by atoms with van der Waals surface area (Å²) in [5, 5.41) is 18.0. The maximum atomic E-state index is 10.6. The van der Waals surface area contributed by atoms with Gasteiger partial charge in [-0.1, -0.05) is 12.1 Å². The number of carboxylic acids is 1. The van der Waals surface area contributed by atoms with Crippen LogP contribution in [0.5, 0.6) is 0 Å². The molecule has 0 aliphatic rings. The fraction of sp³-hybridized carbons (Fsp3) is 0.111. The Morgan fingerprint density at radius 2 is 2.29 bits per heavy atom. The Balaban J connectivity index is 2.61. The molecule has 2 rings (SSSR count). The second-order valence-corrected chi connectivity index (χ2v) is 2.79. The fourth-order valence-electron chi connectivity index (χ4n) is 1.26. The van der Waals surface area contributed by atoms with Crippen molar-refractivity contribution in [1.29, 1.82) is 0 Å². The lowest BCUT2D eigenvalue weighted by Crippen LogP contribution is -2.10. The number of aliphatic hydroxyl groups excluding tert-OH is 1. The van der Waals surface area contributed by atoms with Gasteiger partial charge in [-0.05, 0) is 6.07 Å². The number of hydrogen-bond acceptors (Lipinski definition) is 4. The summed E-state index contributed by atoms with van der Waals surface area (Å²) in [4.78, 5) is 14.4. The van der Waals surface area contributed by atoms with Crippen LogP contribution in [-0.4, -0.2) is 21.2 Å². The third-order valence-electron chi connectivity index (χ3n) is 1.92. The second-order valence-electron chi connectivity index (χ2n) is 2.79. The molecule has 0 fully saturated rings. The predicted octanol–water partition coefficient (Wildman–Crippen LogP) is 0.946. The highest BCUT2D eigenvalue weighted by molar-refractivity contribution is 5.83. The molecule has 14 heavy (non-hydrogen) atoms. The number of carboxylic acid groups (broad SMARTS) is 1. The zero-order valence-corrected chi connectivity index (χ0v) is 7.04. The lowest BCUT2D eigenvalue weighted by Gasteiger charge is -2.04. The lowest BCUT2D eigenvalue weighted by atomic mass is 10.1. The van der Waals surface area contributed by atoms with Crippen LogP contribution in [0, 0.1) is 0 Å². The van der Waals surface area contributed by atoms with Gasteiger partial charge in [0.15, 0.2) is 18.1 Å². The molecule has 0 bridgehead atoms. The van der Waals surface area contributed by atoms with Gasteiger partial charge in [-0.15, -0.1) is 0 Å². The first kappa shape index (κ1) is 8.71. The highest BCUT2D eigenvalue weighted by atomic mass is 16.4. The number of rotatable bonds is 2. The van der Waals surface area contributed by atoms with E-state index in [-0.39, 0.29) is 5.56 Å². The molecule has 2 N–H and O–H groups in total. The Morgan fingerprint density at radius 3 is 3.00 bits per heavy atom. The van der Waals surface area contributed by atoms with E-state index in [2.05, 4.69) is 4.98 Å². The van der Waals surface area contributed by atoms with Crippen LogP contribution in [0.2, 0.25) is 0 Å². The van der Waals surface area contributed by atoms with Gasteiger partial charge in [-0.3, -0.25) is 0 Å². The quantitative estimate of drug-likeness (QED) is 0.741. The number of hydrogen-bond donors (Lipinski definition) is 2. The molecule has 0 spiro atoms. The Bertz CT molecular complexity index is 476. The van der Waals surface area contributed by atoms with Crippen molar-refractivity contribution in [2.24, 2.45) is 0 Å². The van der Waals surface area contributed by atoms with Crippen molar-refractivity contribution < 1.29 is 19.4 Å². The molecule has 0 aliphatic heterocycles. The summed E-state index contributed by atoms with van der Waals surface area (Å²) in [6.07, 6.45) is -0.355. The van der Waals surface area contributed by atoms with Crippen molar-refractivity contribution in [2.75, 3.05) is 0 Å². The number of aliphatic carboxylic acids is 1. The van der Waals surface area contributed by atoms with E-state index in [4.69, 9.17) is 9.52 Å². The molecule has 1 aromatic heterocycles. The first-order valence-electron chi connectivity index (χ1n) is 3.93. The number of aliphatic hydroxyl groups is 1. The molecule has 1 aromatic carbocycles. The Morgan fingerprint density at radius 1 is 1.50 bits per heavy atom. The molecule has 0 saturated heterocycles. The normalized spacial score (nSPS) is 12.9. The van der Waals surface area contributed by atoms with Crippen LogP contribution < -0.4 is 0 Å². The van der Waals surface area contributed by atoms with Crippen molar-refractivity contribution in [3.8, 4) is 0 Å². The summed E-state index contributed by atoms with van der Waals surface area (Å²) in [5.74, 6) is -1.31. The van der Waals surface area contributed by atoms with Crippen molar-refractivity contribution in [3.05, 3.63) is 30.2 Å². The van der Waals surface area contributed by atoms with Crippen LogP contribution >= 0.6 is 0 Å². The summed E-state index contributed by atoms with van der Waals surface area (Å²) in [6.45, 7) is 0. The van der Waals surface area contributed by atoms with Crippen LogP contribution in [0.3, 0.4) is 0 Å². The fourth-order valence-corrected chi connectivity index (χ4v) is 1.26. The van der Waals surface area contributed by atoms with Gasteiger partial charge >= 0.3 is 5.97 Å². The van der Waals surface area contributed by atoms with Crippen LogP contribution in [0.4, 0.5) is 0 Å². The molecule has 0 aliphatic carbocycles. The summed E-state index contributed by atoms with van der Waals surface area (Å²) in [7, 11) is 0. The van der Waals surface area contributed by atoms with Gasteiger partial charge in [0.1, 0.15) is 5.52 Å². The molecular formula is C9H7NO4. The molecule has 0 saturated carbocycles. The van der Waals surface area contributed by atoms with Gasteiger partial charge in [-0.25, -0.2) is 9.78 Å². The number of aromatic nitrogens is 1. The largest absolute Gasteiger partial charge is 0.479 e.